The number of hydrogen-bond donors (Lipinski definition) is 0. The lowest BCUT2D eigenvalue weighted by Gasteiger charge is -2.32. The molecule has 0 saturated carbocycles. The molecule has 0 aromatic heterocycles. The van der Waals surface area contributed by atoms with Crippen molar-refractivity contribution in [2.45, 2.75) is 32.2 Å². The van der Waals surface area contributed by atoms with Crippen molar-refractivity contribution in [1.29, 1.82) is 0 Å². The molecule has 4 rings (SSSR count). The van der Waals surface area contributed by atoms with E-state index in [0.29, 0.717) is 23.2 Å². The maximum absolute atomic E-state index is 13.4. The van der Waals surface area contributed by atoms with Gasteiger partial charge in [0.15, 0.2) is 9.84 Å². The molecule has 2 aromatic carbocycles. The Morgan fingerprint density at radius 3 is 2.55 bits per heavy atom. The van der Waals surface area contributed by atoms with E-state index in [0.717, 1.165) is 11.1 Å². The fraction of sp³-hybridized carbons (Fsp3) is 0.318. The molecule has 6 nitrogen and oxygen atoms in total. The van der Waals surface area contributed by atoms with E-state index in [1.54, 1.807) is 30.3 Å². The summed E-state index contributed by atoms with van der Waals surface area (Å²) >= 11 is 0. The van der Waals surface area contributed by atoms with Gasteiger partial charge in [-0.25, -0.2) is 13.3 Å². The van der Waals surface area contributed by atoms with Crippen molar-refractivity contribution >= 4 is 33.6 Å². The maximum atomic E-state index is 13.4. The van der Waals surface area contributed by atoms with E-state index in [1.165, 1.54) is 11.1 Å². The van der Waals surface area contributed by atoms with Gasteiger partial charge in [0.05, 0.1) is 29.2 Å². The number of sulfone groups is 1. The molecule has 2 atom stereocenters. The number of hydrogen-bond acceptors (Lipinski definition) is 5. The van der Waals surface area contributed by atoms with Crippen molar-refractivity contribution in [3.05, 3.63) is 64.7 Å². The van der Waals surface area contributed by atoms with E-state index >= 15 is 0 Å². The monoisotopic (exact) mass is 410 g/mol. The molecule has 2 aliphatic heterocycles. The number of carbonyl (C=O) groups is 2. The molecule has 0 spiro atoms. The normalized spacial score (nSPS) is 23.6. The fourth-order valence-electron chi connectivity index (χ4n) is 3.98. The average molecular weight is 410 g/mol. The molecule has 2 aliphatic rings. The first kappa shape index (κ1) is 19.5. The summed E-state index contributed by atoms with van der Waals surface area (Å²) in [5, 5.41) is 0. The molecule has 0 radical (unpaired) electrons. The number of benzene rings is 2. The number of amides is 2. The topological polar surface area (TPSA) is 83.9 Å². The molecule has 2 aromatic rings. The Hall–Kier alpha value is -2.80. The Bertz CT molecular complexity index is 1140. The summed E-state index contributed by atoms with van der Waals surface area (Å²) in [7, 11) is -3.06. The van der Waals surface area contributed by atoms with Crippen LogP contribution in [-0.4, -0.2) is 44.0 Å². The molecule has 29 heavy (non-hydrogen) atoms. The third-order valence-electron chi connectivity index (χ3n) is 5.46. The second kappa shape index (κ2) is 7.22. The molecule has 0 unspecified atom stereocenters. The summed E-state index contributed by atoms with van der Waals surface area (Å²) in [6.45, 7) is 3.83. The van der Waals surface area contributed by atoms with Crippen LogP contribution in [0.25, 0.3) is 0 Å². The lowest BCUT2D eigenvalue weighted by Crippen LogP contribution is -2.46. The van der Waals surface area contributed by atoms with Gasteiger partial charge in [-0.1, -0.05) is 35.9 Å². The van der Waals surface area contributed by atoms with Gasteiger partial charge >= 0.3 is 0 Å². The molecule has 7 heteroatoms. The summed E-state index contributed by atoms with van der Waals surface area (Å²) in [4.78, 5) is 32.1. The Kier molecular flexibility index (Phi) is 4.86. The SMILES string of the molecule is Cc1ccc(N2C(=O)c3ccccc3[C@H](C=N[C@H]3CCS(=O)(=O)C3)C2=O)c(C)c1. The summed E-state index contributed by atoms with van der Waals surface area (Å²) in [6, 6.07) is 12.3. The van der Waals surface area contributed by atoms with Crippen LogP contribution in [0, 0.1) is 13.8 Å². The van der Waals surface area contributed by atoms with Gasteiger partial charge in [0, 0.05) is 11.8 Å². The molecular weight excluding hydrogens is 388 g/mol. The van der Waals surface area contributed by atoms with E-state index in [9.17, 15) is 18.0 Å². The summed E-state index contributed by atoms with van der Waals surface area (Å²) in [5.41, 5.74) is 3.51. The van der Waals surface area contributed by atoms with Gasteiger partial charge in [0.1, 0.15) is 0 Å². The smallest absolute Gasteiger partial charge is 0.265 e. The number of nitrogens with zero attached hydrogens (tertiary/aromatic N) is 2. The van der Waals surface area contributed by atoms with Crippen molar-refractivity contribution in [2.75, 3.05) is 16.4 Å². The second-order valence-corrected chi connectivity index (χ2v) is 9.92. The quantitative estimate of drug-likeness (QED) is 0.575. The first-order valence-electron chi connectivity index (χ1n) is 9.55. The molecule has 150 valence electrons. The average Bonchev–Trinajstić information content (AvgIpc) is 3.02. The van der Waals surface area contributed by atoms with Crippen molar-refractivity contribution in [1.82, 2.24) is 0 Å². The standard InChI is InChI=1S/C22H22N2O4S/c1-14-7-8-20(15(2)11-14)24-21(25)18-6-4-3-5-17(18)19(22(24)26)12-23-16-9-10-29(27,28)13-16/h3-8,11-12,16,19H,9-10,13H2,1-2H3/t16-,19-/m0/s1. The molecule has 0 bridgehead atoms. The van der Waals surface area contributed by atoms with Crippen molar-refractivity contribution < 1.29 is 18.0 Å². The molecule has 2 heterocycles. The van der Waals surface area contributed by atoms with Crippen molar-refractivity contribution in [2.24, 2.45) is 4.99 Å². The van der Waals surface area contributed by atoms with Gasteiger partial charge in [0.25, 0.3) is 5.91 Å². The van der Waals surface area contributed by atoms with Crippen LogP contribution < -0.4 is 4.90 Å². The van der Waals surface area contributed by atoms with Gasteiger partial charge in [-0.15, -0.1) is 0 Å². The van der Waals surface area contributed by atoms with E-state index in [1.807, 2.05) is 26.0 Å². The van der Waals surface area contributed by atoms with Crippen LogP contribution in [0.5, 0.6) is 0 Å². The summed E-state index contributed by atoms with van der Waals surface area (Å²) in [6.07, 6.45) is 1.98. The van der Waals surface area contributed by atoms with Crippen LogP contribution in [-0.2, 0) is 14.6 Å². The molecule has 2 amide bonds. The minimum absolute atomic E-state index is 0.00573. The first-order chi connectivity index (χ1) is 13.8. The largest absolute Gasteiger partial charge is 0.292 e. The Labute approximate surface area is 170 Å². The zero-order valence-electron chi connectivity index (χ0n) is 16.3. The second-order valence-electron chi connectivity index (χ2n) is 7.69. The number of rotatable bonds is 3. The first-order valence-corrected chi connectivity index (χ1v) is 11.4. The molecular formula is C22H22N2O4S. The van der Waals surface area contributed by atoms with E-state index in [-0.39, 0.29) is 29.4 Å². The van der Waals surface area contributed by atoms with Crippen molar-refractivity contribution in [3.8, 4) is 0 Å². The van der Waals surface area contributed by atoms with Gasteiger partial charge in [0.2, 0.25) is 5.91 Å². The Morgan fingerprint density at radius 1 is 1.10 bits per heavy atom. The lowest BCUT2D eigenvalue weighted by molar-refractivity contribution is -0.118. The number of aliphatic imine (C=N–C) groups is 1. The van der Waals surface area contributed by atoms with E-state index in [2.05, 4.69) is 4.99 Å². The predicted molar refractivity (Wildman–Crippen MR) is 112 cm³/mol. The highest BCUT2D eigenvalue weighted by atomic mass is 32.2. The maximum Gasteiger partial charge on any atom is 0.265 e. The zero-order valence-corrected chi connectivity index (χ0v) is 17.1. The van der Waals surface area contributed by atoms with Crippen LogP contribution in [0.1, 0.15) is 39.4 Å². The Morgan fingerprint density at radius 2 is 1.86 bits per heavy atom. The van der Waals surface area contributed by atoms with Crippen LogP contribution in [0.2, 0.25) is 0 Å². The summed E-state index contributed by atoms with van der Waals surface area (Å²) < 4.78 is 23.4. The minimum Gasteiger partial charge on any atom is -0.292 e. The van der Waals surface area contributed by atoms with Gasteiger partial charge in [-0.2, -0.15) is 0 Å². The van der Waals surface area contributed by atoms with Crippen LogP contribution in [0.4, 0.5) is 5.69 Å². The lowest BCUT2D eigenvalue weighted by atomic mass is 9.88. The van der Waals surface area contributed by atoms with Gasteiger partial charge in [-0.3, -0.25) is 14.6 Å². The number of imide groups is 1. The zero-order chi connectivity index (χ0) is 20.8. The highest BCUT2D eigenvalue weighted by molar-refractivity contribution is 7.91. The Balaban J connectivity index is 1.75. The number of anilines is 1. The number of fused-ring (bicyclic) bond motifs is 1. The van der Waals surface area contributed by atoms with Crippen molar-refractivity contribution in [3.63, 3.8) is 0 Å². The fourth-order valence-corrected chi connectivity index (χ4v) is 5.62. The van der Waals surface area contributed by atoms with E-state index < -0.39 is 15.8 Å². The summed E-state index contributed by atoms with van der Waals surface area (Å²) in [5.74, 6) is -1.33. The van der Waals surface area contributed by atoms with Gasteiger partial charge < -0.3 is 0 Å². The highest BCUT2D eigenvalue weighted by Crippen LogP contribution is 2.34. The van der Waals surface area contributed by atoms with Crippen LogP contribution in [0.15, 0.2) is 47.5 Å². The third kappa shape index (κ3) is 3.62. The highest BCUT2D eigenvalue weighted by Gasteiger charge is 2.39. The van der Waals surface area contributed by atoms with Crippen LogP contribution >= 0.6 is 0 Å². The third-order valence-corrected chi connectivity index (χ3v) is 7.21. The molecule has 1 fully saturated rings. The predicted octanol–water partition coefficient (Wildman–Crippen LogP) is 2.83. The molecule has 0 aliphatic carbocycles. The number of carbonyl (C=O) groups excluding carboxylic acids is 2. The molecule has 0 N–H and O–H groups in total. The number of aryl methyl sites for hydroxylation is 2. The van der Waals surface area contributed by atoms with Gasteiger partial charge in [-0.05, 0) is 43.5 Å². The molecule has 1 saturated heterocycles. The minimum atomic E-state index is -3.06. The van der Waals surface area contributed by atoms with Crippen LogP contribution in [0.3, 0.4) is 0 Å². The van der Waals surface area contributed by atoms with E-state index in [4.69, 9.17) is 0 Å².